The highest BCUT2D eigenvalue weighted by Gasteiger charge is 2.76. The van der Waals surface area contributed by atoms with Crippen molar-refractivity contribution in [1.29, 1.82) is 0 Å². The Balaban J connectivity index is 1.29. The topological polar surface area (TPSA) is 153 Å². The predicted octanol–water partition coefficient (Wildman–Crippen LogP) is 6.69. The fourth-order valence-corrected chi connectivity index (χ4v) is 8.89. The molecule has 1 saturated carbocycles. The molecule has 2 bridgehead atoms. The Morgan fingerprint density at radius 3 is 2.42 bits per heavy atom. The predicted molar refractivity (Wildman–Crippen MR) is 213 cm³/mol. The molecule has 4 aliphatic rings. The summed E-state index contributed by atoms with van der Waals surface area (Å²) < 4.78 is 25.5. The van der Waals surface area contributed by atoms with Gasteiger partial charge in [0.15, 0.2) is 11.8 Å². The van der Waals surface area contributed by atoms with Crippen molar-refractivity contribution in [2.75, 3.05) is 6.61 Å². The number of phenolic OH excluding ortho intramolecular Hbond substituents is 1. The normalized spacial score (nSPS) is 26.9. The summed E-state index contributed by atoms with van der Waals surface area (Å²) in [7, 11) is 0. The molecule has 2 aromatic carbocycles. The Morgan fingerprint density at radius 2 is 1.74 bits per heavy atom. The van der Waals surface area contributed by atoms with Gasteiger partial charge in [0, 0.05) is 25.7 Å². The van der Waals surface area contributed by atoms with E-state index in [0.29, 0.717) is 19.3 Å². The molecule has 12 heteroatoms. The van der Waals surface area contributed by atoms with Gasteiger partial charge in [-0.3, -0.25) is 19.2 Å². The van der Waals surface area contributed by atoms with E-state index in [1.165, 1.54) is 0 Å². The Bertz CT molecular complexity index is 1730. The molecule has 0 spiro atoms. The fraction of sp³-hybridized carbons (Fsp3) is 0.622. The van der Waals surface area contributed by atoms with Crippen LogP contribution in [0.2, 0.25) is 0 Å². The van der Waals surface area contributed by atoms with E-state index in [4.69, 9.17) is 23.8 Å². The molecule has 0 aromatic heterocycles. The summed E-state index contributed by atoms with van der Waals surface area (Å²) in [6.07, 6.45) is 9.16. The zero-order valence-electron chi connectivity index (χ0n) is 34.2. The van der Waals surface area contributed by atoms with Crippen LogP contribution < -0.4 is 5.32 Å². The number of aliphatic hydroxyl groups excluding tert-OH is 1. The van der Waals surface area contributed by atoms with E-state index in [9.17, 15) is 24.6 Å². The number of benzene rings is 2. The highest BCUT2D eigenvalue weighted by molar-refractivity contribution is 5.93. The van der Waals surface area contributed by atoms with Gasteiger partial charge in [0.25, 0.3) is 0 Å². The maximum atomic E-state index is 14.9. The number of aromatic hydroxyl groups is 1. The number of nitrogens with zero attached hydrogens (tertiary/aromatic N) is 1. The summed E-state index contributed by atoms with van der Waals surface area (Å²) in [5.41, 5.74) is 0.494. The zero-order valence-corrected chi connectivity index (χ0v) is 34.2. The summed E-state index contributed by atoms with van der Waals surface area (Å²) in [6.45, 7) is 9.43. The minimum Gasteiger partial charge on any atom is -0.508 e. The van der Waals surface area contributed by atoms with E-state index >= 15 is 0 Å². The maximum absolute atomic E-state index is 14.9. The number of hydrogen-bond donors (Lipinski definition) is 3. The van der Waals surface area contributed by atoms with Crippen molar-refractivity contribution in [3.63, 3.8) is 0 Å². The van der Waals surface area contributed by atoms with E-state index in [1.807, 2.05) is 48.6 Å². The number of phenols is 1. The van der Waals surface area contributed by atoms with Crippen molar-refractivity contribution in [1.82, 2.24) is 10.4 Å². The first-order chi connectivity index (χ1) is 27.3. The molecule has 3 aliphatic heterocycles. The van der Waals surface area contributed by atoms with Crippen LogP contribution in [0.25, 0.3) is 6.08 Å². The number of unbranched alkanes of at least 4 members (excludes halogenated alkanes) is 4. The third-order valence-electron chi connectivity index (χ3n) is 11.6. The van der Waals surface area contributed by atoms with Crippen molar-refractivity contribution in [3.8, 4) is 5.75 Å². The molecule has 1 amide bonds. The summed E-state index contributed by atoms with van der Waals surface area (Å²) in [5.74, 6) is -2.12. The molecular weight excluding hydrogens is 728 g/mol. The number of esters is 2. The van der Waals surface area contributed by atoms with Crippen molar-refractivity contribution < 1.29 is 48.4 Å². The Kier molecular flexibility index (Phi) is 13.8. The monoisotopic (exact) mass is 790 g/mol. The molecule has 0 unspecified atom stereocenters. The third kappa shape index (κ3) is 9.74. The van der Waals surface area contributed by atoms with Gasteiger partial charge in [0.2, 0.25) is 5.91 Å². The summed E-state index contributed by atoms with van der Waals surface area (Å²) in [4.78, 5) is 48.5. The molecule has 3 N–H and O–H groups in total. The van der Waals surface area contributed by atoms with Gasteiger partial charge >= 0.3 is 11.9 Å². The number of allylic oxidation sites excluding steroid dienone is 1. The van der Waals surface area contributed by atoms with E-state index in [2.05, 4.69) is 19.2 Å². The molecule has 312 valence electrons. The average molecular weight is 791 g/mol. The molecule has 12 nitrogen and oxygen atoms in total. The number of carbonyl (C=O) groups excluding carboxylic acids is 3. The lowest BCUT2D eigenvalue weighted by molar-refractivity contribution is -0.224. The minimum absolute atomic E-state index is 0.00703. The van der Waals surface area contributed by atoms with Gasteiger partial charge in [-0.05, 0) is 69.2 Å². The number of ether oxygens (including phenoxy) is 4. The summed E-state index contributed by atoms with van der Waals surface area (Å²) >= 11 is 0. The van der Waals surface area contributed by atoms with Crippen molar-refractivity contribution in [3.05, 3.63) is 71.3 Å². The average Bonchev–Trinajstić information content (AvgIpc) is 3.72. The van der Waals surface area contributed by atoms with Gasteiger partial charge < -0.3 is 34.5 Å². The second kappa shape index (κ2) is 18.4. The molecule has 6 rings (SSSR count). The van der Waals surface area contributed by atoms with Crippen LogP contribution in [0, 0.1) is 5.41 Å². The molecule has 3 saturated heterocycles. The number of nitrogens with one attached hydrogen (secondary N) is 1. The van der Waals surface area contributed by atoms with Gasteiger partial charge in [-0.2, -0.15) is 5.06 Å². The number of fused-ring (bicyclic) bond motifs is 4. The van der Waals surface area contributed by atoms with Crippen LogP contribution in [0.15, 0.2) is 54.6 Å². The number of amides is 1. The number of rotatable bonds is 19. The van der Waals surface area contributed by atoms with Crippen molar-refractivity contribution in [2.24, 2.45) is 5.41 Å². The standard InChI is InChI=1S/C45H62N2O10/c1-6-8-12-24-44(25-13-9-7-2)55-37-35-27-45(42(52)46-33(29-48)22-23-36(50)54-43(3,4)5)39(41(51)53-35)47(57-40(45)38(37)56-44)28-31-18-14-16-30(26-31)17-15-20-32-19-10-11-21-34(32)49/h10-11,14-19,21,26,33,35,37-40,48-49H,6-9,12-13,20,22-25,27-29H2,1-5H3,(H,46,52)/t33-,35+,37-,38-,39-,40+,45-/m0/s1. The van der Waals surface area contributed by atoms with E-state index in [-0.39, 0.29) is 31.6 Å². The summed E-state index contributed by atoms with van der Waals surface area (Å²) in [5, 5.41) is 25.2. The lowest BCUT2D eigenvalue weighted by Gasteiger charge is -2.49. The molecule has 2 aromatic rings. The van der Waals surface area contributed by atoms with Crippen molar-refractivity contribution in [2.45, 2.75) is 166 Å². The Labute approximate surface area is 337 Å². The van der Waals surface area contributed by atoms with Crippen LogP contribution in [-0.4, -0.2) is 87.6 Å². The van der Waals surface area contributed by atoms with Crippen molar-refractivity contribution >= 4 is 23.9 Å². The lowest BCUT2D eigenvalue weighted by atomic mass is 9.62. The third-order valence-corrected chi connectivity index (χ3v) is 11.6. The van der Waals surface area contributed by atoms with Gasteiger partial charge in [0.1, 0.15) is 41.2 Å². The van der Waals surface area contributed by atoms with Crippen LogP contribution in [0.4, 0.5) is 0 Å². The Hall–Kier alpha value is -3.81. The van der Waals surface area contributed by atoms with E-state index in [0.717, 1.165) is 55.2 Å². The smallest absolute Gasteiger partial charge is 0.327 e. The van der Waals surface area contributed by atoms with Crippen LogP contribution in [0.3, 0.4) is 0 Å². The number of para-hydroxylation sites is 1. The first-order valence-electron chi connectivity index (χ1n) is 21.0. The van der Waals surface area contributed by atoms with Gasteiger partial charge in [0.05, 0.1) is 19.2 Å². The molecule has 3 heterocycles. The quantitative estimate of drug-likeness (QED) is 0.103. The van der Waals surface area contributed by atoms with Crippen LogP contribution in [0.5, 0.6) is 5.75 Å². The highest BCUT2D eigenvalue weighted by atomic mass is 16.8. The molecular formula is C45H62N2O10. The van der Waals surface area contributed by atoms with Crippen LogP contribution >= 0.6 is 0 Å². The van der Waals surface area contributed by atoms with Gasteiger partial charge in [-0.1, -0.05) is 94.1 Å². The highest BCUT2D eigenvalue weighted by Crippen LogP contribution is 2.58. The molecule has 4 fully saturated rings. The van der Waals surface area contributed by atoms with Crippen LogP contribution in [0.1, 0.15) is 122 Å². The summed E-state index contributed by atoms with van der Waals surface area (Å²) in [6, 6.07) is 13.2. The van der Waals surface area contributed by atoms with E-state index in [1.54, 1.807) is 38.0 Å². The second-order valence-electron chi connectivity index (χ2n) is 17.2. The maximum Gasteiger partial charge on any atom is 0.327 e. The number of hydroxylamine groups is 2. The molecule has 1 aliphatic carbocycles. The zero-order chi connectivity index (χ0) is 40.8. The molecule has 7 atom stereocenters. The molecule has 57 heavy (non-hydrogen) atoms. The van der Waals surface area contributed by atoms with Crippen LogP contribution in [-0.2, 0) is 51.1 Å². The van der Waals surface area contributed by atoms with Gasteiger partial charge in [-0.25, -0.2) is 0 Å². The number of hydrogen-bond acceptors (Lipinski definition) is 11. The Morgan fingerprint density at radius 1 is 1.02 bits per heavy atom. The second-order valence-corrected chi connectivity index (χ2v) is 17.2. The van der Waals surface area contributed by atoms with Gasteiger partial charge in [-0.15, -0.1) is 0 Å². The number of aliphatic hydroxyl groups is 1. The molecule has 0 radical (unpaired) electrons. The lowest BCUT2D eigenvalue weighted by Crippen LogP contribution is -2.70. The minimum atomic E-state index is -1.43. The first kappa shape index (κ1) is 42.8. The first-order valence-corrected chi connectivity index (χ1v) is 21.0. The number of carbonyl (C=O) groups is 3. The van der Waals surface area contributed by atoms with E-state index < -0.39 is 77.8 Å². The fourth-order valence-electron chi connectivity index (χ4n) is 8.89. The largest absolute Gasteiger partial charge is 0.508 e. The SMILES string of the molecule is CCCCCC1(CCCCC)O[C@@H]2[C@H](O1)[C@H]1ON(Cc3cccc(C=CCc4ccccc4O)c3)[C@H]3C(=O)O[C@@H]2C[C@@]13C(=O)N[C@H](CO)CCC(=O)OC(C)(C)C.